The minimum absolute atomic E-state index is 0.403. The van der Waals surface area contributed by atoms with Crippen LogP contribution in [-0.4, -0.2) is 38.2 Å². The number of aromatic nitrogens is 2. The van der Waals surface area contributed by atoms with Crippen molar-refractivity contribution in [3.05, 3.63) is 43.5 Å². The summed E-state index contributed by atoms with van der Waals surface area (Å²) < 4.78 is 6.57. The molecule has 2 rings (SSSR count). The Kier molecular flexibility index (Phi) is 4.14. The van der Waals surface area contributed by atoms with E-state index in [1.807, 2.05) is 0 Å². The van der Waals surface area contributed by atoms with Crippen molar-refractivity contribution in [3.8, 4) is 0 Å². The lowest BCUT2D eigenvalue weighted by Gasteiger charge is -2.24. The number of nitrogens with zero attached hydrogens (tertiary/aromatic N) is 4. The zero-order valence-electron chi connectivity index (χ0n) is 11.2. The maximum absolute atomic E-state index is 11.8. The monoisotopic (exact) mass is 297 g/mol. The first-order valence-corrected chi connectivity index (χ1v) is 6.33. The van der Waals surface area contributed by atoms with E-state index in [1.165, 1.54) is 6.20 Å². The van der Waals surface area contributed by atoms with E-state index < -0.39 is 41.8 Å². The molecule has 10 heteroatoms. The summed E-state index contributed by atoms with van der Waals surface area (Å²) in [7, 11) is 0. The van der Waals surface area contributed by atoms with E-state index in [4.69, 9.17) is 10.3 Å². The van der Waals surface area contributed by atoms with Crippen molar-refractivity contribution in [2.24, 2.45) is 11.0 Å². The Hall–Kier alpha value is -2.13. The van der Waals surface area contributed by atoms with Crippen LogP contribution in [0.3, 0.4) is 0 Å². The molecule has 0 bridgehead atoms. The first kappa shape index (κ1) is 15.3. The highest BCUT2D eigenvalue weighted by Crippen LogP contribution is 2.43. The molecule has 0 saturated carbocycles. The highest BCUT2D eigenvalue weighted by atomic mass is 16.6. The molecule has 114 valence electrons. The highest BCUT2D eigenvalue weighted by molar-refractivity contribution is 5.00. The standard InChI is InChI=1S/C11H15N5O5/c1-2-6-8(19)11(5-17,14-15-12)21-9(6)16-4-3-7(18)13-10(16)20/h3-4,6,8-9,17,19H,2,5H2,1H3,(H,13,18,20)/t6-,8-,9+,11+/m0/s1. The van der Waals surface area contributed by atoms with E-state index in [0.29, 0.717) is 6.42 Å². The summed E-state index contributed by atoms with van der Waals surface area (Å²) in [5.41, 5.74) is 5.46. The minimum atomic E-state index is -1.85. The quantitative estimate of drug-likeness (QED) is 0.386. The summed E-state index contributed by atoms with van der Waals surface area (Å²) in [5.74, 6) is -0.591. The number of ether oxygens (including phenoxy) is 1. The molecule has 4 atom stereocenters. The summed E-state index contributed by atoms with van der Waals surface area (Å²) >= 11 is 0. The molecular weight excluding hydrogens is 282 g/mol. The second-order valence-corrected chi connectivity index (χ2v) is 4.74. The van der Waals surface area contributed by atoms with Gasteiger partial charge in [0.1, 0.15) is 6.23 Å². The molecule has 0 aliphatic carbocycles. The van der Waals surface area contributed by atoms with E-state index in [9.17, 15) is 19.8 Å². The lowest BCUT2D eigenvalue weighted by atomic mass is 9.94. The second-order valence-electron chi connectivity index (χ2n) is 4.74. The Morgan fingerprint density at radius 2 is 2.33 bits per heavy atom. The van der Waals surface area contributed by atoms with Crippen molar-refractivity contribution in [1.29, 1.82) is 0 Å². The van der Waals surface area contributed by atoms with Gasteiger partial charge in [0.25, 0.3) is 5.56 Å². The Bertz CT molecular complexity index is 678. The predicted octanol–water partition coefficient (Wildman–Crippen LogP) is -0.549. The molecule has 21 heavy (non-hydrogen) atoms. The molecule has 0 aromatic carbocycles. The van der Waals surface area contributed by atoms with Crippen LogP contribution in [-0.2, 0) is 4.74 Å². The van der Waals surface area contributed by atoms with E-state index in [1.54, 1.807) is 6.92 Å². The molecule has 1 aliphatic heterocycles. The van der Waals surface area contributed by atoms with Crippen LogP contribution in [0, 0.1) is 5.92 Å². The zero-order valence-corrected chi connectivity index (χ0v) is 11.2. The maximum atomic E-state index is 11.8. The predicted molar refractivity (Wildman–Crippen MR) is 70.2 cm³/mol. The smallest absolute Gasteiger partial charge is 0.330 e. The fourth-order valence-electron chi connectivity index (χ4n) is 2.49. The van der Waals surface area contributed by atoms with Gasteiger partial charge in [-0.05, 0) is 12.0 Å². The van der Waals surface area contributed by atoms with Gasteiger partial charge in [0, 0.05) is 23.1 Å². The lowest BCUT2D eigenvalue weighted by molar-refractivity contribution is -0.124. The highest BCUT2D eigenvalue weighted by Gasteiger charge is 2.54. The topological polar surface area (TPSA) is 153 Å². The summed E-state index contributed by atoms with van der Waals surface area (Å²) in [6, 6.07) is 1.14. The molecule has 0 unspecified atom stereocenters. The van der Waals surface area contributed by atoms with Gasteiger partial charge in [-0.1, -0.05) is 12.0 Å². The van der Waals surface area contributed by atoms with Crippen LogP contribution < -0.4 is 11.2 Å². The number of hydrogen-bond acceptors (Lipinski definition) is 6. The third kappa shape index (κ3) is 2.45. The van der Waals surface area contributed by atoms with Gasteiger partial charge >= 0.3 is 5.69 Å². The number of H-pyrrole nitrogens is 1. The minimum Gasteiger partial charge on any atom is -0.393 e. The van der Waals surface area contributed by atoms with Gasteiger partial charge in [-0.2, -0.15) is 0 Å². The zero-order chi connectivity index (χ0) is 15.6. The summed E-state index contributed by atoms with van der Waals surface area (Å²) in [4.78, 5) is 27.6. The number of aliphatic hydroxyl groups excluding tert-OH is 2. The molecule has 0 amide bonds. The molecule has 3 N–H and O–H groups in total. The molecule has 0 radical (unpaired) electrons. The first-order chi connectivity index (χ1) is 9.99. The molecular formula is C11H15N5O5. The molecule has 1 aromatic rings. The van der Waals surface area contributed by atoms with Gasteiger partial charge in [-0.3, -0.25) is 14.3 Å². The van der Waals surface area contributed by atoms with E-state index >= 15 is 0 Å². The van der Waals surface area contributed by atoms with Crippen LogP contribution >= 0.6 is 0 Å². The second kappa shape index (κ2) is 5.70. The normalized spacial score (nSPS) is 31.9. The lowest BCUT2D eigenvalue weighted by Crippen LogP contribution is -2.42. The average Bonchev–Trinajstić information content (AvgIpc) is 2.72. The third-order valence-electron chi connectivity index (χ3n) is 3.60. The van der Waals surface area contributed by atoms with Crippen LogP contribution in [0.4, 0.5) is 0 Å². The van der Waals surface area contributed by atoms with Gasteiger partial charge in [0.05, 0.1) is 12.7 Å². The fourth-order valence-corrected chi connectivity index (χ4v) is 2.49. The number of azide groups is 1. The van der Waals surface area contributed by atoms with Gasteiger partial charge in [0.2, 0.25) is 0 Å². The van der Waals surface area contributed by atoms with Crippen molar-refractivity contribution in [3.63, 3.8) is 0 Å². The summed E-state index contributed by atoms with van der Waals surface area (Å²) in [5, 5.41) is 23.0. The molecule has 2 heterocycles. The Labute approximate surface area is 118 Å². The summed E-state index contributed by atoms with van der Waals surface area (Å²) in [6.45, 7) is 1.02. The van der Waals surface area contributed by atoms with Gasteiger partial charge in [-0.15, -0.1) is 0 Å². The van der Waals surface area contributed by atoms with Crippen LogP contribution in [0.25, 0.3) is 10.4 Å². The Balaban J connectivity index is 2.51. The largest absolute Gasteiger partial charge is 0.393 e. The number of nitrogens with one attached hydrogen (secondary N) is 1. The van der Waals surface area contributed by atoms with E-state index in [2.05, 4.69) is 15.0 Å². The number of aromatic amines is 1. The molecule has 0 spiro atoms. The Morgan fingerprint density at radius 3 is 2.86 bits per heavy atom. The van der Waals surface area contributed by atoms with Crippen LogP contribution in [0.1, 0.15) is 19.6 Å². The fraction of sp³-hybridized carbons (Fsp3) is 0.636. The number of rotatable bonds is 4. The SMILES string of the molecule is CC[C@@H]1[C@H](n2ccc(=O)[nH]c2=O)O[C@@](CO)(N=[N+]=[N-])[C@H]1O. The molecule has 1 saturated heterocycles. The number of hydrogen-bond donors (Lipinski definition) is 3. The molecule has 1 fully saturated rings. The van der Waals surface area contributed by atoms with E-state index in [-0.39, 0.29) is 0 Å². The maximum Gasteiger partial charge on any atom is 0.330 e. The van der Waals surface area contributed by atoms with Crippen LogP contribution in [0.2, 0.25) is 0 Å². The van der Waals surface area contributed by atoms with Gasteiger partial charge in [-0.25, -0.2) is 4.79 Å². The molecule has 1 aliphatic rings. The molecule has 1 aromatic heterocycles. The van der Waals surface area contributed by atoms with E-state index in [0.717, 1.165) is 10.6 Å². The van der Waals surface area contributed by atoms with Gasteiger partial charge < -0.3 is 14.9 Å². The Morgan fingerprint density at radius 1 is 1.62 bits per heavy atom. The molecule has 10 nitrogen and oxygen atoms in total. The van der Waals surface area contributed by atoms with Crippen molar-refractivity contribution in [2.45, 2.75) is 31.4 Å². The van der Waals surface area contributed by atoms with Crippen molar-refractivity contribution in [1.82, 2.24) is 9.55 Å². The third-order valence-corrected chi connectivity index (χ3v) is 3.60. The van der Waals surface area contributed by atoms with Crippen molar-refractivity contribution >= 4 is 0 Å². The number of aliphatic hydroxyl groups is 2. The average molecular weight is 297 g/mol. The van der Waals surface area contributed by atoms with Gasteiger partial charge in [0.15, 0.2) is 5.72 Å². The van der Waals surface area contributed by atoms with Crippen molar-refractivity contribution in [2.75, 3.05) is 6.61 Å². The van der Waals surface area contributed by atoms with Crippen LogP contribution in [0.15, 0.2) is 27.0 Å². The summed E-state index contributed by atoms with van der Waals surface area (Å²) in [6.07, 6.45) is -0.621. The van der Waals surface area contributed by atoms with Crippen LogP contribution in [0.5, 0.6) is 0 Å². The first-order valence-electron chi connectivity index (χ1n) is 6.33. The van der Waals surface area contributed by atoms with Crippen molar-refractivity contribution < 1.29 is 14.9 Å².